The molecule has 1 heterocycles. The number of likely N-dealkylation sites (N-methyl/N-ethyl adjacent to an activating group) is 1. The monoisotopic (exact) mass is 318 g/mol. The van der Waals surface area contributed by atoms with Gasteiger partial charge in [0, 0.05) is 33.4 Å². The molecule has 1 fully saturated rings. The third-order valence-electron chi connectivity index (χ3n) is 4.26. The van der Waals surface area contributed by atoms with Gasteiger partial charge in [-0.1, -0.05) is 12.1 Å². The van der Waals surface area contributed by atoms with E-state index >= 15 is 0 Å². The Kier molecular flexibility index (Phi) is 5.98. The molecule has 2 N–H and O–H groups in total. The first-order valence-electron chi connectivity index (χ1n) is 8.04. The smallest absolute Gasteiger partial charge is 0.309 e. The molecule has 1 saturated heterocycles. The number of anilines is 1. The Hall–Kier alpha value is -2.08. The quantitative estimate of drug-likeness (QED) is 0.787. The average molecular weight is 318 g/mol. The predicted octanol–water partition coefficient (Wildman–Crippen LogP) is 0.752. The summed E-state index contributed by atoms with van der Waals surface area (Å²) in [5, 5.41) is 5.09. The molecule has 0 saturated carbocycles. The third kappa shape index (κ3) is 4.45. The maximum Gasteiger partial charge on any atom is 0.309 e. The number of rotatable bonds is 5. The fourth-order valence-corrected chi connectivity index (χ4v) is 2.89. The van der Waals surface area contributed by atoms with Crippen LogP contribution < -0.4 is 15.5 Å². The van der Waals surface area contributed by atoms with Gasteiger partial charge in [-0.15, -0.1) is 0 Å². The highest BCUT2D eigenvalue weighted by molar-refractivity contribution is 6.35. The zero-order valence-corrected chi connectivity index (χ0v) is 14.1. The number of hydrogen-bond acceptors (Lipinski definition) is 4. The summed E-state index contributed by atoms with van der Waals surface area (Å²) >= 11 is 0. The highest BCUT2D eigenvalue weighted by Gasteiger charge is 2.24. The van der Waals surface area contributed by atoms with E-state index in [-0.39, 0.29) is 6.04 Å². The summed E-state index contributed by atoms with van der Waals surface area (Å²) in [6, 6.07) is 8.47. The van der Waals surface area contributed by atoms with Gasteiger partial charge in [0.15, 0.2) is 0 Å². The number of benzene rings is 1. The van der Waals surface area contributed by atoms with E-state index < -0.39 is 11.8 Å². The second-order valence-corrected chi connectivity index (χ2v) is 6.03. The van der Waals surface area contributed by atoms with Crippen LogP contribution in [0.3, 0.4) is 0 Å². The Labute approximate surface area is 137 Å². The van der Waals surface area contributed by atoms with Gasteiger partial charge in [-0.05, 0) is 43.6 Å². The summed E-state index contributed by atoms with van der Waals surface area (Å²) in [6.07, 6.45) is 2.35. The highest BCUT2D eigenvalue weighted by atomic mass is 16.2. The van der Waals surface area contributed by atoms with Gasteiger partial charge in [0.1, 0.15) is 0 Å². The van der Waals surface area contributed by atoms with E-state index in [1.165, 1.54) is 19.9 Å². The largest absolute Gasteiger partial charge is 0.378 e. The second kappa shape index (κ2) is 7.97. The SMILES string of the molecule is CNC(=O)C(=O)NC[C@@H](c1ccc(N(C)C)cc1)N1CCCC1. The van der Waals surface area contributed by atoms with Crippen LogP contribution >= 0.6 is 0 Å². The maximum atomic E-state index is 11.7. The Balaban J connectivity index is 2.10. The number of nitrogens with one attached hydrogen (secondary N) is 2. The number of hydrogen-bond donors (Lipinski definition) is 2. The van der Waals surface area contributed by atoms with E-state index in [0.717, 1.165) is 24.3 Å². The molecule has 1 aromatic rings. The standard InChI is InChI=1S/C17H26N4O2/c1-18-16(22)17(23)19-12-15(21-10-4-5-11-21)13-6-8-14(9-7-13)20(2)3/h6-9,15H,4-5,10-12H2,1-3H3,(H,18,22)(H,19,23)/t15-/m0/s1. The van der Waals surface area contributed by atoms with Crippen LogP contribution in [0.25, 0.3) is 0 Å². The average Bonchev–Trinajstić information content (AvgIpc) is 3.08. The lowest BCUT2D eigenvalue weighted by Crippen LogP contribution is -2.42. The topological polar surface area (TPSA) is 64.7 Å². The predicted molar refractivity (Wildman–Crippen MR) is 91.4 cm³/mol. The molecule has 1 aliphatic heterocycles. The van der Waals surface area contributed by atoms with E-state index in [4.69, 9.17) is 0 Å². The van der Waals surface area contributed by atoms with E-state index in [1.807, 2.05) is 14.1 Å². The molecule has 0 radical (unpaired) electrons. The summed E-state index contributed by atoms with van der Waals surface area (Å²) < 4.78 is 0. The first-order valence-corrected chi connectivity index (χ1v) is 8.04. The van der Waals surface area contributed by atoms with Crippen molar-refractivity contribution in [3.8, 4) is 0 Å². The van der Waals surface area contributed by atoms with Crippen LogP contribution in [-0.4, -0.2) is 57.5 Å². The van der Waals surface area contributed by atoms with Crippen molar-refractivity contribution in [2.45, 2.75) is 18.9 Å². The van der Waals surface area contributed by atoms with Crippen molar-refractivity contribution in [1.29, 1.82) is 0 Å². The lowest BCUT2D eigenvalue weighted by Gasteiger charge is -2.28. The second-order valence-electron chi connectivity index (χ2n) is 6.03. The molecule has 1 aliphatic rings. The molecule has 126 valence electrons. The Morgan fingerprint density at radius 2 is 1.74 bits per heavy atom. The number of carbonyl (C=O) groups is 2. The molecular weight excluding hydrogens is 292 g/mol. The van der Waals surface area contributed by atoms with Gasteiger partial charge in [-0.2, -0.15) is 0 Å². The Bertz CT molecular complexity index is 536. The minimum Gasteiger partial charge on any atom is -0.378 e. The van der Waals surface area contributed by atoms with Crippen LogP contribution in [-0.2, 0) is 9.59 Å². The van der Waals surface area contributed by atoms with Crippen LogP contribution in [0.2, 0.25) is 0 Å². The third-order valence-corrected chi connectivity index (χ3v) is 4.26. The molecule has 0 unspecified atom stereocenters. The molecule has 1 atom stereocenters. The molecule has 6 heteroatoms. The molecule has 0 aliphatic carbocycles. The molecule has 23 heavy (non-hydrogen) atoms. The lowest BCUT2D eigenvalue weighted by atomic mass is 10.0. The van der Waals surface area contributed by atoms with Crippen molar-refractivity contribution in [2.24, 2.45) is 0 Å². The summed E-state index contributed by atoms with van der Waals surface area (Å²) in [4.78, 5) is 27.5. The van der Waals surface area contributed by atoms with Crippen LogP contribution in [0.1, 0.15) is 24.4 Å². The van der Waals surface area contributed by atoms with Gasteiger partial charge >= 0.3 is 11.8 Å². The van der Waals surface area contributed by atoms with Crippen molar-refractivity contribution in [2.75, 3.05) is 45.7 Å². The lowest BCUT2D eigenvalue weighted by molar-refractivity contribution is -0.139. The van der Waals surface area contributed by atoms with Crippen LogP contribution in [0, 0.1) is 0 Å². The van der Waals surface area contributed by atoms with Gasteiger partial charge in [0.25, 0.3) is 0 Å². The van der Waals surface area contributed by atoms with E-state index in [0.29, 0.717) is 6.54 Å². The summed E-state index contributed by atoms with van der Waals surface area (Å²) in [6.45, 7) is 2.49. The van der Waals surface area contributed by atoms with E-state index in [1.54, 1.807) is 0 Å². The summed E-state index contributed by atoms with van der Waals surface area (Å²) in [5.74, 6) is -1.19. The summed E-state index contributed by atoms with van der Waals surface area (Å²) in [7, 11) is 5.48. The molecule has 6 nitrogen and oxygen atoms in total. The number of amides is 2. The molecule has 1 aromatic carbocycles. The molecular formula is C17H26N4O2. The van der Waals surface area contributed by atoms with E-state index in [9.17, 15) is 9.59 Å². The van der Waals surface area contributed by atoms with Crippen LogP contribution in [0.4, 0.5) is 5.69 Å². The number of carbonyl (C=O) groups excluding carboxylic acids is 2. The van der Waals surface area contributed by atoms with E-state index in [2.05, 4.69) is 44.7 Å². The Morgan fingerprint density at radius 3 is 2.26 bits per heavy atom. The zero-order chi connectivity index (χ0) is 16.8. The van der Waals surface area contributed by atoms with Gasteiger partial charge in [-0.25, -0.2) is 0 Å². The highest BCUT2D eigenvalue weighted by Crippen LogP contribution is 2.26. The first kappa shape index (κ1) is 17.3. The normalized spacial score (nSPS) is 16.0. The molecule has 0 spiro atoms. The number of likely N-dealkylation sites (tertiary alicyclic amines) is 1. The molecule has 2 amide bonds. The Morgan fingerprint density at radius 1 is 1.13 bits per heavy atom. The van der Waals surface area contributed by atoms with Crippen molar-refractivity contribution in [3.63, 3.8) is 0 Å². The van der Waals surface area contributed by atoms with Gasteiger partial charge in [0.2, 0.25) is 0 Å². The fraction of sp³-hybridized carbons (Fsp3) is 0.529. The van der Waals surface area contributed by atoms with Gasteiger partial charge in [0.05, 0.1) is 6.04 Å². The van der Waals surface area contributed by atoms with Gasteiger partial charge < -0.3 is 15.5 Å². The van der Waals surface area contributed by atoms with Crippen molar-refractivity contribution >= 4 is 17.5 Å². The van der Waals surface area contributed by atoms with Gasteiger partial charge in [-0.3, -0.25) is 14.5 Å². The van der Waals surface area contributed by atoms with Crippen LogP contribution in [0.5, 0.6) is 0 Å². The zero-order valence-electron chi connectivity index (χ0n) is 14.1. The fourth-order valence-electron chi connectivity index (χ4n) is 2.89. The minimum absolute atomic E-state index is 0.0994. The van der Waals surface area contributed by atoms with Crippen molar-refractivity contribution in [3.05, 3.63) is 29.8 Å². The van der Waals surface area contributed by atoms with Crippen molar-refractivity contribution < 1.29 is 9.59 Å². The maximum absolute atomic E-state index is 11.7. The number of nitrogens with zero attached hydrogens (tertiary/aromatic N) is 2. The summed E-state index contributed by atoms with van der Waals surface area (Å²) in [5.41, 5.74) is 2.30. The van der Waals surface area contributed by atoms with Crippen LogP contribution in [0.15, 0.2) is 24.3 Å². The first-order chi connectivity index (χ1) is 11.0. The molecule has 2 rings (SSSR count). The van der Waals surface area contributed by atoms with Crippen molar-refractivity contribution in [1.82, 2.24) is 15.5 Å². The minimum atomic E-state index is -0.604. The molecule has 0 aromatic heterocycles. The molecule has 0 bridgehead atoms.